The number of benzene rings is 2. The van der Waals surface area contributed by atoms with Crippen molar-refractivity contribution in [2.24, 2.45) is 0 Å². The van der Waals surface area contributed by atoms with Crippen molar-refractivity contribution in [2.45, 2.75) is 138 Å². The van der Waals surface area contributed by atoms with E-state index in [4.69, 9.17) is 0 Å². The minimum Gasteiger partial charge on any atom is -0.346 e. The maximum Gasteiger partial charge on any atom is 0.270 e. The predicted octanol–water partition coefficient (Wildman–Crippen LogP) is 5.72. The number of rotatable bonds is 10. The van der Waals surface area contributed by atoms with Crippen LogP contribution in [0.1, 0.15) is 125 Å². The summed E-state index contributed by atoms with van der Waals surface area (Å²) in [6, 6.07) is 16.3. The molecule has 52 heavy (non-hydrogen) atoms. The average Bonchev–Trinajstić information content (AvgIpc) is 3.09. The third-order valence-electron chi connectivity index (χ3n) is 10.1. The van der Waals surface area contributed by atoms with Crippen LogP contribution in [0, 0.1) is 0 Å². The Bertz CT molecular complexity index is 1810. The maximum absolute atomic E-state index is 13.5. The van der Waals surface area contributed by atoms with Crippen molar-refractivity contribution < 1.29 is 26.4 Å². The van der Waals surface area contributed by atoms with Gasteiger partial charge in [0.25, 0.3) is 11.8 Å². The number of pyridine rings is 1. The molecule has 4 N–H and O–H groups in total. The fourth-order valence-electron chi connectivity index (χ4n) is 6.86. The fraction of sp³-hybridized carbons (Fsp3) is 0.513. The highest BCUT2D eigenvalue weighted by molar-refractivity contribution is 7.89. The average molecular weight is 752 g/mol. The van der Waals surface area contributed by atoms with E-state index in [1.807, 2.05) is 24.3 Å². The molecule has 2 fully saturated rings. The molecule has 0 radical (unpaired) electrons. The zero-order valence-electron chi connectivity index (χ0n) is 31.0. The third kappa shape index (κ3) is 9.85. The van der Waals surface area contributed by atoms with Crippen LogP contribution in [0.4, 0.5) is 0 Å². The minimum absolute atomic E-state index is 0.0252. The van der Waals surface area contributed by atoms with Crippen molar-refractivity contribution in [1.82, 2.24) is 25.1 Å². The highest BCUT2D eigenvalue weighted by Crippen LogP contribution is 2.27. The van der Waals surface area contributed by atoms with Gasteiger partial charge in [-0.25, -0.2) is 31.3 Å². The summed E-state index contributed by atoms with van der Waals surface area (Å²) in [7, 11) is -7.68. The molecule has 282 valence electrons. The van der Waals surface area contributed by atoms with Gasteiger partial charge in [-0.2, -0.15) is 0 Å². The summed E-state index contributed by atoms with van der Waals surface area (Å²) in [5.74, 6) is -1.03. The topological polar surface area (TPSA) is 163 Å². The van der Waals surface area contributed by atoms with Gasteiger partial charge in [0.05, 0.1) is 9.79 Å². The summed E-state index contributed by atoms with van der Waals surface area (Å²) >= 11 is 0. The molecule has 0 unspecified atom stereocenters. The standard InChI is InChI=1S/C39H53N5O6S2/c1-38(2,3)26-18-22-28(23-19-26)51(47,48)43-32-14-9-7-12-30(32)41-36(45)34-16-11-17-35(40-34)37(46)42-31-13-8-10-15-33(31)44-52(49,50)29-24-20-27(21-25-29)39(4,5)6/h11,16-25,30-33,43-44H,7-10,12-15H2,1-6H3,(H,41,45)(H,42,46)/t30-,31-,32-,33-/m1/s1. The molecule has 13 heteroatoms. The van der Waals surface area contributed by atoms with E-state index < -0.39 is 56.0 Å². The molecule has 2 amide bonds. The first-order valence-corrected chi connectivity index (χ1v) is 21.1. The lowest BCUT2D eigenvalue weighted by Crippen LogP contribution is -2.53. The SMILES string of the molecule is CC(C)(C)c1ccc(S(=O)(=O)N[C@@H]2CCCC[C@H]2NC(=O)c2cccc(C(=O)N[C@@H]3CCCC[C@H]3NS(=O)(=O)c3ccc(C(C)(C)C)cc3)n2)cc1. The van der Waals surface area contributed by atoms with Crippen LogP contribution in [-0.4, -0.2) is 57.8 Å². The summed E-state index contributed by atoms with van der Waals surface area (Å²) in [6.07, 6.45) is 5.59. The van der Waals surface area contributed by atoms with E-state index in [-0.39, 0.29) is 32.0 Å². The molecular weight excluding hydrogens is 699 g/mol. The molecule has 2 aliphatic carbocycles. The zero-order chi connectivity index (χ0) is 37.9. The van der Waals surface area contributed by atoms with Crippen molar-refractivity contribution >= 4 is 31.9 Å². The molecule has 0 saturated heterocycles. The van der Waals surface area contributed by atoms with Gasteiger partial charge in [0.2, 0.25) is 20.0 Å². The van der Waals surface area contributed by atoms with Gasteiger partial charge in [0, 0.05) is 24.2 Å². The lowest BCUT2D eigenvalue weighted by Gasteiger charge is -2.33. The summed E-state index contributed by atoms with van der Waals surface area (Å²) in [5, 5.41) is 5.92. The molecular formula is C39H53N5O6S2. The minimum atomic E-state index is -3.84. The first-order valence-electron chi connectivity index (χ1n) is 18.2. The Morgan fingerprint density at radius 1 is 0.538 bits per heavy atom. The Morgan fingerprint density at radius 2 is 0.865 bits per heavy atom. The van der Waals surface area contributed by atoms with Gasteiger partial charge in [0.1, 0.15) is 11.4 Å². The molecule has 1 heterocycles. The van der Waals surface area contributed by atoms with E-state index in [0.717, 1.165) is 36.8 Å². The van der Waals surface area contributed by atoms with Crippen LogP contribution in [-0.2, 0) is 30.9 Å². The van der Waals surface area contributed by atoms with Crippen LogP contribution < -0.4 is 20.1 Å². The number of carbonyl (C=O) groups is 2. The molecule has 1 aromatic heterocycles. The predicted molar refractivity (Wildman–Crippen MR) is 202 cm³/mol. The van der Waals surface area contributed by atoms with Gasteiger partial charge in [-0.1, -0.05) is 97.6 Å². The zero-order valence-corrected chi connectivity index (χ0v) is 32.7. The smallest absolute Gasteiger partial charge is 0.270 e. The molecule has 11 nitrogen and oxygen atoms in total. The van der Waals surface area contributed by atoms with Crippen LogP contribution in [0.2, 0.25) is 0 Å². The quantitative estimate of drug-likeness (QED) is 0.206. The Hall–Kier alpha value is -3.65. The third-order valence-corrected chi connectivity index (χ3v) is 13.1. The van der Waals surface area contributed by atoms with Gasteiger partial charge in [-0.15, -0.1) is 0 Å². The lowest BCUT2D eigenvalue weighted by molar-refractivity contribution is 0.0908. The van der Waals surface area contributed by atoms with E-state index in [2.05, 4.69) is 66.6 Å². The Balaban J connectivity index is 1.23. The van der Waals surface area contributed by atoms with Crippen LogP contribution in [0.3, 0.4) is 0 Å². The number of hydrogen-bond donors (Lipinski definition) is 4. The van der Waals surface area contributed by atoms with Crippen molar-refractivity contribution in [3.63, 3.8) is 0 Å². The highest BCUT2D eigenvalue weighted by atomic mass is 32.2. The van der Waals surface area contributed by atoms with Gasteiger partial charge < -0.3 is 10.6 Å². The molecule has 0 spiro atoms. The summed E-state index contributed by atoms with van der Waals surface area (Å²) in [5.41, 5.74) is 1.88. The summed E-state index contributed by atoms with van der Waals surface area (Å²) in [6.45, 7) is 12.4. The monoisotopic (exact) mass is 751 g/mol. The van der Waals surface area contributed by atoms with Crippen LogP contribution in [0.15, 0.2) is 76.5 Å². The van der Waals surface area contributed by atoms with Gasteiger partial charge in [-0.05, 0) is 84.0 Å². The van der Waals surface area contributed by atoms with Crippen LogP contribution in [0.25, 0.3) is 0 Å². The number of aromatic nitrogens is 1. The summed E-state index contributed by atoms with van der Waals surface area (Å²) in [4.78, 5) is 31.6. The molecule has 0 aliphatic heterocycles. The number of nitrogens with zero attached hydrogens (tertiary/aromatic N) is 1. The van der Waals surface area contributed by atoms with Gasteiger partial charge >= 0.3 is 0 Å². The van der Waals surface area contributed by atoms with Crippen molar-refractivity contribution in [1.29, 1.82) is 0 Å². The maximum atomic E-state index is 13.5. The second-order valence-corrected chi connectivity index (χ2v) is 19.6. The molecule has 2 aromatic carbocycles. The highest BCUT2D eigenvalue weighted by Gasteiger charge is 2.33. The van der Waals surface area contributed by atoms with Crippen LogP contribution >= 0.6 is 0 Å². The first-order chi connectivity index (χ1) is 24.3. The molecule has 3 aromatic rings. The van der Waals surface area contributed by atoms with E-state index >= 15 is 0 Å². The number of amides is 2. The first kappa shape index (κ1) is 39.6. The van der Waals surface area contributed by atoms with E-state index in [9.17, 15) is 26.4 Å². The molecule has 2 aliphatic rings. The van der Waals surface area contributed by atoms with Crippen molar-refractivity contribution in [3.8, 4) is 0 Å². The molecule has 4 atom stereocenters. The van der Waals surface area contributed by atoms with E-state index in [1.165, 1.54) is 12.1 Å². The number of nitrogens with one attached hydrogen (secondary N) is 4. The normalized spacial score (nSPS) is 21.7. The second-order valence-electron chi connectivity index (χ2n) is 16.1. The van der Waals surface area contributed by atoms with Crippen molar-refractivity contribution in [3.05, 3.63) is 89.2 Å². The number of carbonyl (C=O) groups excluding carboxylic acids is 2. The molecule has 2 saturated carbocycles. The Morgan fingerprint density at radius 3 is 1.19 bits per heavy atom. The Labute approximate surface area is 309 Å². The van der Waals surface area contributed by atoms with E-state index in [1.54, 1.807) is 30.3 Å². The van der Waals surface area contributed by atoms with Crippen molar-refractivity contribution in [2.75, 3.05) is 0 Å². The van der Waals surface area contributed by atoms with Crippen LogP contribution in [0.5, 0.6) is 0 Å². The van der Waals surface area contributed by atoms with E-state index in [0.29, 0.717) is 25.7 Å². The lowest BCUT2D eigenvalue weighted by atomic mass is 9.87. The molecule has 0 bridgehead atoms. The number of sulfonamides is 2. The summed E-state index contributed by atoms with van der Waals surface area (Å²) < 4.78 is 59.0. The van der Waals surface area contributed by atoms with Gasteiger partial charge in [-0.3, -0.25) is 9.59 Å². The second kappa shape index (κ2) is 15.8. The Kier molecular flexibility index (Phi) is 12.0. The largest absolute Gasteiger partial charge is 0.346 e. The van der Waals surface area contributed by atoms with Gasteiger partial charge in [0.15, 0.2) is 0 Å². The fourth-order valence-corrected chi connectivity index (χ4v) is 9.49. The molecule has 5 rings (SSSR count). The number of hydrogen-bond acceptors (Lipinski definition) is 7.